The zero-order chi connectivity index (χ0) is 19.4. The van der Waals surface area contributed by atoms with E-state index in [1.807, 2.05) is 18.2 Å². The standard InChI is InChI=1S/C22H23N3O3S/c26-19(4-2-13-1-3-17-18(8-13)28-12-27-17)23-21-25-24-20(29-21)22-9-14-5-15(10-22)7-16(6-14)11-22/h1-4,8,14-16H,5-7,9-12H2,(H,23,25,26)/b4-2-. The molecule has 4 aliphatic carbocycles. The summed E-state index contributed by atoms with van der Waals surface area (Å²) in [7, 11) is 0. The van der Waals surface area contributed by atoms with E-state index in [1.54, 1.807) is 17.4 Å². The molecule has 1 aromatic carbocycles. The smallest absolute Gasteiger partial charge is 0.250 e. The number of hydrogen-bond donors (Lipinski definition) is 1. The summed E-state index contributed by atoms with van der Waals surface area (Å²) in [5, 5.41) is 13.4. The Morgan fingerprint density at radius 2 is 1.79 bits per heavy atom. The number of benzene rings is 1. The Balaban J connectivity index is 1.14. The van der Waals surface area contributed by atoms with Crippen LogP contribution in [0.5, 0.6) is 11.5 Å². The zero-order valence-corrected chi connectivity index (χ0v) is 16.9. The van der Waals surface area contributed by atoms with E-state index in [0.717, 1.165) is 34.1 Å². The van der Waals surface area contributed by atoms with Crippen LogP contribution < -0.4 is 14.8 Å². The number of rotatable bonds is 4. The summed E-state index contributed by atoms with van der Waals surface area (Å²) in [5.41, 5.74) is 1.11. The van der Waals surface area contributed by atoms with Crippen molar-refractivity contribution in [2.75, 3.05) is 12.1 Å². The van der Waals surface area contributed by atoms with Gasteiger partial charge in [0.25, 0.3) is 0 Å². The first-order valence-electron chi connectivity index (χ1n) is 10.4. The van der Waals surface area contributed by atoms with E-state index in [2.05, 4.69) is 15.5 Å². The number of carbonyl (C=O) groups is 1. The van der Waals surface area contributed by atoms with Gasteiger partial charge in [0, 0.05) is 11.5 Å². The van der Waals surface area contributed by atoms with E-state index >= 15 is 0 Å². The van der Waals surface area contributed by atoms with Crippen LogP contribution in [0.2, 0.25) is 0 Å². The number of fused-ring (bicyclic) bond motifs is 1. The van der Waals surface area contributed by atoms with Crippen LogP contribution in [0.3, 0.4) is 0 Å². The molecule has 4 fully saturated rings. The van der Waals surface area contributed by atoms with Gasteiger partial charge in [-0.05, 0) is 80.1 Å². The number of ether oxygens (including phenoxy) is 2. The Kier molecular flexibility index (Phi) is 3.94. The van der Waals surface area contributed by atoms with Crippen molar-refractivity contribution in [2.24, 2.45) is 17.8 Å². The van der Waals surface area contributed by atoms with Crippen molar-refractivity contribution in [3.05, 3.63) is 34.8 Å². The Hall–Kier alpha value is -2.41. The van der Waals surface area contributed by atoms with Gasteiger partial charge in [0.1, 0.15) is 5.01 Å². The maximum Gasteiger partial charge on any atom is 0.250 e. The highest BCUT2D eigenvalue weighted by atomic mass is 32.1. The third-order valence-corrected chi connectivity index (χ3v) is 8.06. The number of hydrogen-bond acceptors (Lipinski definition) is 6. The molecule has 0 unspecified atom stereocenters. The molecule has 150 valence electrons. The molecule has 1 aliphatic heterocycles. The number of nitrogens with zero attached hydrogens (tertiary/aromatic N) is 2. The first kappa shape index (κ1) is 17.4. The second-order valence-corrected chi connectivity index (χ2v) is 10.0. The Bertz CT molecular complexity index is 964. The summed E-state index contributed by atoms with van der Waals surface area (Å²) in [6, 6.07) is 5.61. The first-order chi connectivity index (χ1) is 14.1. The van der Waals surface area contributed by atoms with Crippen LogP contribution in [0.25, 0.3) is 6.08 Å². The molecule has 1 amide bonds. The van der Waals surface area contributed by atoms with Crippen LogP contribution in [0.15, 0.2) is 24.3 Å². The molecule has 0 spiro atoms. The van der Waals surface area contributed by atoms with E-state index in [9.17, 15) is 4.79 Å². The van der Waals surface area contributed by atoms with Crippen LogP contribution in [-0.2, 0) is 10.2 Å². The second kappa shape index (κ2) is 6.55. The normalized spacial score (nSPS) is 31.5. The number of aromatic nitrogens is 2. The highest BCUT2D eigenvalue weighted by molar-refractivity contribution is 7.15. The van der Waals surface area contributed by atoms with Gasteiger partial charge in [-0.15, -0.1) is 10.2 Å². The van der Waals surface area contributed by atoms with Crippen molar-refractivity contribution in [1.29, 1.82) is 0 Å². The maximum atomic E-state index is 12.4. The van der Waals surface area contributed by atoms with Gasteiger partial charge in [-0.3, -0.25) is 10.1 Å². The first-order valence-corrected chi connectivity index (χ1v) is 11.2. The second-order valence-electron chi connectivity index (χ2n) is 9.05. The molecule has 7 heteroatoms. The van der Waals surface area contributed by atoms with Crippen LogP contribution in [0, 0.1) is 17.8 Å². The van der Waals surface area contributed by atoms with Crippen LogP contribution in [0.1, 0.15) is 49.1 Å². The molecule has 1 aromatic heterocycles. The summed E-state index contributed by atoms with van der Waals surface area (Å²) < 4.78 is 10.7. The maximum absolute atomic E-state index is 12.4. The molecule has 6 nitrogen and oxygen atoms in total. The van der Waals surface area contributed by atoms with Gasteiger partial charge in [0.15, 0.2) is 11.5 Å². The highest BCUT2D eigenvalue weighted by Gasteiger charge is 2.53. The fourth-order valence-electron chi connectivity index (χ4n) is 6.20. The van der Waals surface area contributed by atoms with Gasteiger partial charge in [-0.1, -0.05) is 17.4 Å². The van der Waals surface area contributed by atoms with Crippen LogP contribution >= 0.6 is 11.3 Å². The van der Waals surface area contributed by atoms with E-state index in [4.69, 9.17) is 9.47 Å². The number of anilines is 1. The predicted octanol–water partition coefficient (Wildman–Crippen LogP) is 4.39. The Morgan fingerprint density at radius 3 is 2.55 bits per heavy atom. The molecule has 0 atom stereocenters. The van der Waals surface area contributed by atoms with E-state index < -0.39 is 0 Å². The third kappa shape index (κ3) is 3.12. The van der Waals surface area contributed by atoms with Crippen LogP contribution in [0.4, 0.5) is 5.13 Å². The number of nitrogens with one attached hydrogen (secondary N) is 1. The summed E-state index contributed by atoms with van der Waals surface area (Å²) >= 11 is 1.56. The summed E-state index contributed by atoms with van der Waals surface area (Å²) in [4.78, 5) is 12.4. The van der Waals surface area contributed by atoms with Crippen molar-refractivity contribution in [3.63, 3.8) is 0 Å². The van der Waals surface area contributed by atoms with Crippen LogP contribution in [-0.4, -0.2) is 22.9 Å². The SMILES string of the molecule is O=C(/C=C\c1ccc2c(c1)OCO2)Nc1nnc(C23CC4CC(CC(C4)C2)C3)s1. The molecular weight excluding hydrogens is 386 g/mol. The molecule has 1 N–H and O–H groups in total. The van der Waals surface area contributed by atoms with Gasteiger partial charge < -0.3 is 9.47 Å². The molecule has 4 bridgehead atoms. The molecular formula is C22H23N3O3S. The molecule has 29 heavy (non-hydrogen) atoms. The molecule has 0 saturated heterocycles. The van der Waals surface area contributed by atoms with Crippen molar-refractivity contribution in [1.82, 2.24) is 10.2 Å². The predicted molar refractivity (Wildman–Crippen MR) is 110 cm³/mol. The monoisotopic (exact) mass is 409 g/mol. The van der Waals surface area contributed by atoms with Gasteiger partial charge in [-0.25, -0.2) is 0 Å². The van der Waals surface area contributed by atoms with Gasteiger partial charge in [-0.2, -0.15) is 0 Å². The number of carbonyl (C=O) groups excluding carboxylic acids is 1. The van der Waals surface area contributed by atoms with Gasteiger partial charge in [0.2, 0.25) is 17.8 Å². The van der Waals surface area contributed by atoms with Crippen molar-refractivity contribution < 1.29 is 14.3 Å². The molecule has 0 radical (unpaired) electrons. The lowest BCUT2D eigenvalue weighted by molar-refractivity contribution is -0.111. The van der Waals surface area contributed by atoms with Gasteiger partial charge in [0.05, 0.1) is 0 Å². The minimum atomic E-state index is -0.198. The van der Waals surface area contributed by atoms with Gasteiger partial charge >= 0.3 is 0 Å². The fourth-order valence-corrected chi connectivity index (χ4v) is 7.16. The molecule has 2 heterocycles. The van der Waals surface area contributed by atoms with Crippen molar-refractivity contribution in [2.45, 2.75) is 43.9 Å². The average molecular weight is 410 g/mol. The molecule has 2 aromatic rings. The quantitative estimate of drug-likeness (QED) is 0.759. The molecule has 4 saturated carbocycles. The third-order valence-electron chi connectivity index (χ3n) is 6.97. The minimum Gasteiger partial charge on any atom is -0.454 e. The zero-order valence-electron chi connectivity index (χ0n) is 16.1. The largest absolute Gasteiger partial charge is 0.454 e. The summed E-state index contributed by atoms with van der Waals surface area (Å²) in [6.07, 6.45) is 11.3. The average Bonchev–Trinajstić information content (AvgIpc) is 3.34. The topological polar surface area (TPSA) is 73.3 Å². The fraction of sp³-hybridized carbons (Fsp3) is 0.500. The number of amides is 1. The lowest BCUT2D eigenvalue weighted by atomic mass is 9.50. The molecule has 5 aliphatic rings. The lowest BCUT2D eigenvalue weighted by Gasteiger charge is -2.55. The summed E-state index contributed by atoms with van der Waals surface area (Å²) in [6.45, 7) is 0.242. The van der Waals surface area contributed by atoms with E-state index in [0.29, 0.717) is 10.9 Å². The van der Waals surface area contributed by atoms with E-state index in [1.165, 1.54) is 44.6 Å². The summed E-state index contributed by atoms with van der Waals surface area (Å²) in [5.74, 6) is 3.85. The Labute approximate surface area is 173 Å². The van der Waals surface area contributed by atoms with Crippen molar-refractivity contribution >= 4 is 28.5 Å². The van der Waals surface area contributed by atoms with E-state index in [-0.39, 0.29) is 18.1 Å². The Morgan fingerprint density at radius 1 is 1.07 bits per heavy atom. The van der Waals surface area contributed by atoms with Crippen molar-refractivity contribution in [3.8, 4) is 11.5 Å². The highest BCUT2D eigenvalue weighted by Crippen LogP contribution is 2.61. The molecule has 7 rings (SSSR count). The lowest BCUT2D eigenvalue weighted by Crippen LogP contribution is -2.48. The minimum absolute atomic E-state index is 0.198.